The lowest BCUT2D eigenvalue weighted by Gasteiger charge is -2.17. The Morgan fingerprint density at radius 2 is 1.94 bits per heavy atom. The topological polar surface area (TPSA) is 21.3 Å². The largest absolute Gasteiger partial charge is 0.435 e. The lowest BCUT2D eigenvalue weighted by atomic mass is 10.0. The molecule has 2 nitrogen and oxygen atoms in total. The summed E-state index contributed by atoms with van der Waals surface area (Å²) in [5, 5.41) is 3.16. The average molecular weight is 241 g/mol. The first-order chi connectivity index (χ1) is 8.02. The van der Waals surface area contributed by atoms with Crippen LogP contribution < -0.4 is 10.1 Å². The quantitative estimate of drug-likeness (QED) is 0.769. The van der Waals surface area contributed by atoms with Crippen molar-refractivity contribution in [1.82, 2.24) is 5.32 Å². The van der Waals surface area contributed by atoms with E-state index in [0.29, 0.717) is 0 Å². The van der Waals surface area contributed by atoms with Crippen molar-refractivity contribution in [3.05, 3.63) is 42.0 Å². The first-order valence-electron chi connectivity index (χ1n) is 5.39. The molecule has 4 heteroatoms. The second kappa shape index (κ2) is 6.35. The van der Waals surface area contributed by atoms with Crippen molar-refractivity contribution < 1.29 is 13.5 Å². The number of hydrogen-bond donors (Lipinski definition) is 1. The van der Waals surface area contributed by atoms with Gasteiger partial charge in [-0.25, -0.2) is 0 Å². The van der Waals surface area contributed by atoms with Gasteiger partial charge < -0.3 is 10.1 Å². The molecule has 0 aliphatic rings. The van der Waals surface area contributed by atoms with E-state index < -0.39 is 6.61 Å². The monoisotopic (exact) mass is 241 g/mol. The van der Waals surface area contributed by atoms with Gasteiger partial charge in [-0.15, -0.1) is 6.58 Å². The lowest BCUT2D eigenvalue weighted by molar-refractivity contribution is -0.0498. The van der Waals surface area contributed by atoms with E-state index in [1.165, 1.54) is 0 Å². The summed E-state index contributed by atoms with van der Waals surface area (Å²) in [6.45, 7) is 3.04. The van der Waals surface area contributed by atoms with Crippen molar-refractivity contribution >= 4 is 0 Å². The molecule has 0 amide bonds. The lowest BCUT2D eigenvalue weighted by Crippen LogP contribution is -2.16. The van der Waals surface area contributed by atoms with E-state index in [0.717, 1.165) is 17.6 Å². The number of alkyl halides is 2. The summed E-state index contributed by atoms with van der Waals surface area (Å²) in [6, 6.07) is 6.80. The van der Waals surface area contributed by atoms with Crippen LogP contribution in [0.4, 0.5) is 8.78 Å². The molecule has 1 aromatic carbocycles. The third-order valence-electron chi connectivity index (χ3n) is 2.41. The van der Waals surface area contributed by atoms with E-state index in [2.05, 4.69) is 16.6 Å². The molecule has 0 spiro atoms. The molecule has 0 saturated heterocycles. The Hall–Kier alpha value is -1.42. The normalized spacial score (nSPS) is 12.5. The van der Waals surface area contributed by atoms with Gasteiger partial charge in [0.1, 0.15) is 5.75 Å². The number of benzene rings is 1. The highest BCUT2D eigenvalue weighted by Gasteiger charge is 2.10. The van der Waals surface area contributed by atoms with Crippen molar-refractivity contribution in [2.75, 3.05) is 7.05 Å². The molecule has 94 valence electrons. The first-order valence-corrected chi connectivity index (χ1v) is 5.39. The molecule has 0 heterocycles. The van der Waals surface area contributed by atoms with Crippen LogP contribution >= 0.6 is 0 Å². The van der Waals surface area contributed by atoms with Crippen LogP contribution in [0.1, 0.15) is 24.9 Å². The fraction of sp³-hybridized carbons (Fsp3) is 0.385. The Kier molecular flexibility index (Phi) is 5.10. The number of hydrogen-bond acceptors (Lipinski definition) is 2. The Balaban J connectivity index is 2.74. The molecule has 0 aromatic heterocycles. The molecule has 0 aliphatic carbocycles. The second-order valence-electron chi connectivity index (χ2n) is 3.95. The Labute approximate surface area is 100 Å². The van der Waals surface area contributed by atoms with E-state index in [-0.39, 0.29) is 11.8 Å². The molecule has 0 saturated carbocycles. The molecule has 0 fully saturated rings. The Morgan fingerprint density at radius 3 is 2.35 bits per heavy atom. The highest BCUT2D eigenvalue weighted by molar-refractivity contribution is 5.29. The Bertz CT molecular complexity index is 362. The summed E-state index contributed by atoms with van der Waals surface area (Å²) in [5.41, 5.74) is 2.09. The zero-order chi connectivity index (χ0) is 12.8. The summed E-state index contributed by atoms with van der Waals surface area (Å²) < 4.78 is 28.2. The standard InChI is InChI=1S/C13H17F2NO/c1-9(2)8-12(16-3)10-4-6-11(7-5-10)17-13(14)15/h4-7,12-13,16H,1,8H2,2-3H3. The van der Waals surface area contributed by atoms with Crippen LogP contribution in [0.15, 0.2) is 36.4 Å². The van der Waals surface area contributed by atoms with E-state index in [1.54, 1.807) is 24.3 Å². The second-order valence-corrected chi connectivity index (χ2v) is 3.95. The predicted molar refractivity (Wildman–Crippen MR) is 64.3 cm³/mol. The number of ether oxygens (including phenoxy) is 1. The molecule has 1 N–H and O–H groups in total. The number of rotatable bonds is 6. The van der Waals surface area contributed by atoms with E-state index in [4.69, 9.17) is 0 Å². The Morgan fingerprint density at radius 1 is 1.35 bits per heavy atom. The minimum atomic E-state index is -2.78. The third-order valence-corrected chi connectivity index (χ3v) is 2.41. The van der Waals surface area contributed by atoms with Gasteiger partial charge in [-0.1, -0.05) is 17.7 Å². The SMILES string of the molecule is C=C(C)CC(NC)c1ccc(OC(F)F)cc1. The van der Waals surface area contributed by atoms with Crippen LogP contribution in [-0.2, 0) is 0 Å². The van der Waals surface area contributed by atoms with Crippen molar-refractivity contribution in [2.24, 2.45) is 0 Å². The molecule has 1 rings (SSSR count). The van der Waals surface area contributed by atoms with Crippen LogP contribution in [-0.4, -0.2) is 13.7 Å². The van der Waals surface area contributed by atoms with Gasteiger partial charge in [-0.2, -0.15) is 8.78 Å². The molecular weight excluding hydrogens is 224 g/mol. The van der Waals surface area contributed by atoms with Gasteiger partial charge in [0.25, 0.3) is 0 Å². The fourth-order valence-electron chi connectivity index (χ4n) is 1.62. The summed E-state index contributed by atoms with van der Waals surface area (Å²) in [6.07, 6.45) is 0.811. The smallest absolute Gasteiger partial charge is 0.387 e. The minimum Gasteiger partial charge on any atom is -0.435 e. The zero-order valence-electron chi connectivity index (χ0n) is 10.0. The van der Waals surface area contributed by atoms with E-state index >= 15 is 0 Å². The highest BCUT2D eigenvalue weighted by Crippen LogP contribution is 2.23. The van der Waals surface area contributed by atoms with Crippen molar-refractivity contribution in [3.63, 3.8) is 0 Å². The van der Waals surface area contributed by atoms with Gasteiger partial charge in [0.15, 0.2) is 0 Å². The molecule has 1 atom stereocenters. The van der Waals surface area contributed by atoms with Crippen LogP contribution in [0.5, 0.6) is 5.75 Å². The van der Waals surface area contributed by atoms with Gasteiger partial charge in [0.05, 0.1) is 0 Å². The van der Waals surface area contributed by atoms with Crippen molar-refractivity contribution in [3.8, 4) is 5.75 Å². The van der Waals surface area contributed by atoms with Crippen molar-refractivity contribution in [1.29, 1.82) is 0 Å². The number of nitrogens with one attached hydrogen (secondary N) is 1. The molecule has 0 radical (unpaired) electrons. The maximum Gasteiger partial charge on any atom is 0.387 e. The van der Waals surface area contributed by atoms with E-state index in [9.17, 15) is 8.78 Å². The first kappa shape index (κ1) is 13.6. The van der Waals surface area contributed by atoms with Crippen LogP contribution in [0.3, 0.4) is 0 Å². The molecule has 0 aliphatic heterocycles. The number of halogens is 2. The van der Waals surface area contributed by atoms with Gasteiger partial charge in [0, 0.05) is 6.04 Å². The summed E-state index contributed by atoms with van der Waals surface area (Å²) >= 11 is 0. The average Bonchev–Trinajstić information content (AvgIpc) is 2.26. The zero-order valence-corrected chi connectivity index (χ0v) is 10.0. The van der Waals surface area contributed by atoms with Crippen LogP contribution in [0.2, 0.25) is 0 Å². The van der Waals surface area contributed by atoms with Crippen LogP contribution in [0.25, 0.3) is 0 Å². The summed E-state index contributed by atoms with van der Waals surface area (Å²) in [7, 11) is 1.86. The molecule has 17 heavy (non-hydrogen) atoms. The minimum absolute atomic E-state index is 0.146. The maximum absolute atomic E-state index is 12.0. The molecule has 1 unspecified atom stereocenters. The van der Waals surface area contributed by atoms with Gasteiger partial charge in [-0.3, -0.25) is 0 Å². The highest BCUT2D eigenvalue weighted by atomic mass is 19.3. The maximum atomic E-state index is 12.0. The molecule has 0 bridgehead atoms. The van der Waals surface area contributed by atoms with Crippen molar-refractivity contribution in [2.45, 2.75) is 26.0 Å². The van der Waals surface area contributed by atoms with Gasteiger partial charge >= 0.3 is 6.61 Å². The fourth-order valence-corrected chi connectivity index (χ4v) is 1.62. The van der Waals surface area contributed by atoms with Crippen LogP contribution in [0, 0.1) is 0 Å². The van der Waals surface area contributed by atoms with Gasteiger partial charge in [-0.05, 0) is 38.1 Å². The summed E-state index contributed by atoms with van der Waals surface area (Å²) in [5.74, 6) is 0.175. The van der Waals surface area contributed by atoms with Gasteiger partial charge in [0.2, 0.25) is 0 Å². The third kappa shape index (κ3) is 4.53. The summed E-state index contributed by atoms with van der Waals surface area (Å²) in [4.78, 5) is 0. The predicted octanol–water partition coefficient (Wildman–Crippen LogP) is 3.51. The molecule has 1 aromatic rings. The van der Waals surface area contributed by atoms with E-state index in [1.807, 2.05) is 14.0 Å². The molecular formula is C13H17F2NO.